The Morgan fingerprint density at radius 1 is 1.08 bits per heavy atom. The van der Waals surface area contributed by atoms with Crippen molar-refractivity contribution >= 4 is 39.7 Å². The van der Waals surface area contributed by atoms with Crippen molar-refractivity contribution in [3.8, 4) is 5.75 Å². The van der Waals surface area contributed by atoms with Crippen molar-refractivity contribution in [3.05, 3.63) is 71.8 Å². The molecule has 126 valence electrons. The molecule has 0 atom stereocenters. The third-order valence-corrected chi connectivity index (χ3v) is 4.09. The zero-order chi connectivity index (χ0) is 17.8. The maximum absolute atomic E-state index is 12.3. The minimum Gasteiger partial charge on any atom is -0.506 e. The normalized spacial score (nSPS) is 10.4. The highest BCUT2D eigenvalue weighted by molar-refractivity contribution is 7.80. The van der Waals surface area contributed by atoms with Gasteiger partial charge in [-0.05, 0) is 53.2 Å². The lowest BCUT2D eigenvalue weighted by Gasteiger charge is -2.12. The van der Waals surface area contributed by atoms with Crippen LogP contribution >= 0.6 is 12.2 Å². The number of rotatable bonds is 3. The Bertz CT molecular complexity index is 948. The zero-order valence-electron chi connectivity index (χ0n) is 13.7. The van der Waals surface area contributed by atoms with E-state index in [1.165, 1.54) is 0 Å². The molecular weight excluding hydrogens is 332 g/mol. The number of hydrogen-bond donors (Lipinski definition) is 3. The van der Waals surface area contributed by atoms with E-state index in [-0.39, 0.29) is 23.2 Å². The summed E-state index contributed by atoms with van der Waals surface area (Å²) >= 11 is 5.17. The topological polar surface area (TPSA) is 61.4 Å². The van der Waals surface area contributed by atoms with Crippen LogP contribution in [0.4, 0.5) is 5.69 Å². The van der Waals surface area contributed by atoms with Gasteiger partial charge in [-0.2, -0.15) is 0 Å². The molecule has 0 aliphatic rings. The number of phenols is 1. The molecule has 4 nitrogen and oxygen atoms in total. The molecular formula is C20H18N2O2S. The zero-order valence-corrected chi connectivity index (χ0v) is 14.6. The van der Waals surface area contributed by atoms with Gasteiger partial charge in [-0.15, -0.1) is 0 Å². The minimum absolute atomic E-state index is 0.0799. The molecule has 3 aromatic carbocycles. The number of aryl methyl sites for hydroxylation is 1. The summed E-state index contributed by atoms with van der Waals surface area (Å²) in [6, 6.07) is 19.0. The van der Waals surface area contributed by atoms with Crippen LogP contribution in [0.15, 0.2) is 60.7 Å². The van der Waals surface area contributed by atoms with E-state index >= 15 is 0 Å². The van der Waals surface area contributed by atoms with Crippen LogP contribution < -0.4 is 10.6 Å². The van der Waals surface area contributed by atoms with Crippen molar-refractivity contribution in [2.24, 2.45) is 0 Å². The van der Waals surface area contributed by atoms with Gasteiger partial charge in [0.1, 0.15) is 5.75 Å². The van der Waals surface area contributed by atoms with Crippen molar-refractivity contribution in [2.45, 2.75) is 13.3 Å². The lowest BCUT2D eigenvalue weighted by Crippen LogP contribution is -2.35. The summed E-state index contributed by atoms with van der Waals surface area (Å²) in [5.41, 5.74) is 2.39. The van der Waals surface area contributed by atoms with E-state index < -0.39 is 0 Å². The molecule has 3 aromatic rings. The largest absolute Gasteiger partial charge is 0.506 e. The summed E-state index contributed by atoms with van der Waals surface area (Å²) in [4.78, 5) is 12.3. The van der Waals surface area contributed by atoms with Crippen molar-refractivity contribution in [2.75, 3.05) is 5.32 Å². The van der Waals surface area contributed by atoms with Gasteiger partial charge in [0, 0.05) is 0 Å². The van der Waals surface area contributed by atoms with E-state index in [4.69, 9.17) is 12.2 Å². The van der Waals surface area contributed by atoms with Crippen molar-refractivity contribution < 1.29 is 9.90 Å². The molecule has 3 rings (SSSR count). The van der Waals surface area contributed by atoms with Gasteiger partial charge >= 0.3 is 0 Å². The Hall–Kier alpha value is -2.92. The number of hydrogen-bond acceptors (Lipinski definition) is 3. The van der Waals surface area contributed by atoms with E-state index in [9.17, 15) is 9.90 Å². The molecule has 0 radical (unpaired) electrons. The lowest BCUT2D eigenvalue weighted by atomic mass is 10.0. The quantitative estimate of drug-likeness (QED) is 0.495. The summed E-state index contributed by atoms with van der Waals surface area (Å²) in [5, 5.41) is 17.7. The molecule has 0 bridgehead atoms. The van der Waals surface area contributed by atoms with Crippen LogP contribution in [0.5, 0.6) is 5.75 Å². The van der Waals surface area contributed by atoms with E-state index in [1.54, 1.807) is 18.2 Å². The number of phenolic OH excluding ortho intramolecular Hbond substituents is 1. The molecule has 0 heterocycles. The van der Waals surface area contributed by atoms with Gasteiger partial charge in [0.2, 0.25) is 5.91 Å². The second-order valence-electron chi connectivity index (χ2n) is 5.84. The second kappa shape index (κ2) is 7.32. The van der Waals surface area contributed by atoms with Crippen LogP contribution in [-0.4, -0.2) is 16.1 Å². The number of nitrogens with one attached hydrogen (secondary N) is 2. The number of amides is 1. The summed E-state index contributed by atoms with van der Waals surface area (Å²) in [5.74, 6) is -0.128. The van der Waals surface area contributed by atoms with Crippen molar-refractivity contribution in [1.82, 2.24) is 5.32 Å². The van der Waals surface area contributed by atoms with Gasteiger partial charge in [0.15, 0.2) is 5.11 Å². The molecule has 0 saturated heterocycles. The third-order valence-electron chi connectivity index (χ3n) is 3.88. The predicted molar refractivity (Wildman–Crippen MR) is 105 cm³/mol. The maximum atomic E-state index is 12.3. The standard InChI is InChI=1S/C20H18N2O2S/c1-13-9-10-18(23)17(11-13)21-20(25)22-19(24)12-15-7-4-6-14-5-2-3-8-16(14)15/h2-11,23H,12H2,1H3,(H2,21,22,24,25). The number of carbonyl (C=O) groups excluding carboxylic acids is 1. The highest BCUT2D eigenvalue weighted by Gasteiger charge is 2.10. The Balaban J connectivity index is 1.67. The Labute approximate surface area is 151 Å². The highest BCUT2D eigenvalue weighted by Crippen LogP contribution is 2.23. The van der Waals surface area contributed by atoms with E-state index in [2.05, 4.69) is 10.6 Å². The fourth-order valence-corrected chi connectivity index (χ4v) is 2.92. The predicted octanol–water partition coefficient (Wildman–Crippen LogP) is 3.91. The molecule has 0 spiro atoms. The van der Waals surface area contributed by atoms with Gasteiger partial charge in [-0.1, -0.05) is 48.5 Å². The van der Waals surface area contributed by atoms with E-state index in [0.717, 1.165) is 21.9 Å². The van der Waals surface area contributed by atoms with Crippen LogP contribution in [0.25, 0.3) is 10.8 Å². The first kappa shape index (κ1) is 16.9. The summed E-state index contributed by atoms with van der Waals surface area (Å²) in [6.45, 7) is 1.91. The van der Waals surface area contributed by atoms with Crippen LogP contribution in [-0.2, 0) is 11.2 Å². The fourth-order valence-electron chi connectivity index (χ4n) is 2.69. The molecule has 0 aliphatic carbocycles. The van der Waals surface area contributed by atoms with Crippen LogP contribution in [0.2, 0.25) is 0 Å². The van der Waals surface area contributed by atoms with E-state index in [1.807, 2.05) is 49.4 Å². The Morgan fingerprint density at radius 2 is 1.84 bits per heavy atom. The number of aromatic hydroxyl groups is 1. The van der Waals surface area contributed by atoms with Crippen molar-refractivity contribution in [1.29, 1.82) is 0 Å². The smallest absolute Gasteiger partial charge is 0.230 e. The fraction of sp³-hybridized carbons (Fsp3) is 0.100. The first-order valence-corrected chi connectivity index (χ1v) is 8.31. The van der Waals surface area contributed by atoms with Crippen molar-refractivity contribution in [3.63, 3.8) is 0 Å². The molecule has 0 aliphatic heterocycles. The van der Waals surface area contributed by atoms with Gasteiger partial charge in [0.25, 0.3) is 0 Å². The molecule has 0 aromatic heterocycles. The molecule has 1 amide bonds. The summed E-state index contributed by atoms with van der Waals surface area (Å²) in [7, 11) is 0. The number of thiocarbonyl (C=S) groups is 1. The molecule has 0 fully saturated rings. The van der Waals surface area contributed by atoms with Gasteiger partial charge in [-0.25, -0.2) is 0 Å². The molecule has 0 saturated carbocycles. The first-order chi connectivity index (χ1) is 12.0. The molecule has 3 N–H and O–H groups in total. The van der Waals surface area contributed by atoms with E-state index in [0.29, 0.717) is 5.69 Å². The average Bonchev–Trinajstić information content (AvgIpc) is 2.58. The van der Waals surface area contributed by atoms with Gasteiger partial charge in [-0.3, -0.25) is 4.79 Å². The monoisotopic (exact) mass is 350 g/mol. The average molecular weight is 350 g/mol. The van der Waals surface area contributed by atoms with Crippen LogP contribution in [0.3, 0.4) is 0 Å². The summed E-state index contributed by atoms with van der Waals surface area (Å²) < 4.78 is 0. The first-order valence-electron chi connectivity index (χ1n) is 7.90. The number of benzene rings is 3. The molecule has 0 unspecified atom stereocenters. The van der Waals surface area contributed by atoms with Crippen LogP contribution in [0, 0.1) is 6.92 Å². The number of carbonyl (C=O) groups is 1. The lowest BCUT2D eigenvalue weighted by molar-refractivity contribution is -0.119. The van der Waals surface area contributed by atoms with Gasteiger partial charge in [0.05, 0.1) is 12.1 Å². The number of fused-ring (bicyclic) bond motifs is 1. The third kappa shape index (κ3) is 4.14. The SMILES string of the molecule is Cc1ccc(O)c(NC(=S)NC(=O)Cc2cccc3ccccc23)c1. The summed E-state index contributed by atoms with van der Waals surface area (Å²) in [6.07, 6.45) is 0.225. The number of anilines is 1. The second-order valence-corrected chi connectivity index (χ2v) is 6.25. The van der Waals surface area contributed by atoms with Crippen LogP contribution in [0.1, 0.15) is 11.1 Å². The molecule has 5 heteroatoms. The maximum Gasteiger partial charge on any atom is 0.230 e. The molecule has 25 heavy (non-hydrogen) atoms. The highest BCUT2D eigenvalue weighted by atomic mass is 32.1. The Morgan fingerprint density at radius 3 is 2.68 bits per heavy atom. The Kier molecular flexibility index (Phi) is 4.95. The minimum atomic E-state index is -0.207. The van der Waals surface area contributed by atoms with Gasteiger partial charge < -0.3 is 15.7 Å².